The summed E-state index contributed by atoms with van der Waals surface area (Å²) in [6, 6.07) is 16.3. The molecule has 2 fully saturated rings. The molecule has 1 aliphatic heterocycles. The summed E-state index contributed by atoms with van der Waals surface area (Å²) in [5.74, 6) is 7.61. The zero-order valence-corrected chi connectivity index (χ0v) is 22.5. The maximum Gasteiger partial charge on any atom is 0.345 e. The van der Waals surface area contributed by atoms with Crippen LogP contribution in [0.15, 0.2) is 66.9 Å². The molecule has 1 aromatic heterocycles. The SMILES string of the molecule is CCN1C(=O)N(N)C(Nc2ccc(Oc3ccc(NC(=O)NC4CC4)nc3)cc2)N(Cc2ccc(Cl)cc2)C1=O. The first-order chi connectivity index (χ1) is 19.3. The molecule has 1 saturated heterocycles. The lowest BCUT2D eigenvalue weighted by atomic mass is 10.2. The van der Waals surface area contributed by atoms with Gasteiger partial charge in [0.1, 0.15) is 17.3 Å². The van der Waals surface area contributed by atoms with Gasteiger partial charge in [-0.15, -0.1) is 0 Å². The van der Waals surface area contributed by atoms with Gasteiger partial charge < -0.3 is 15.4 Å². The molecular formula is C27H29ClN8O4. The average molecular weight is 565 g/mol. The second-order valence-electron chi connectivity index (χ2n) is 9.37. The van der Waals surface area contributed by atoms with E-state index in [-0.39, 0.29) is 25.2 Å². The Morgan fingerprint density at radius 1 is 1.02 bits per heavy atom. The fraction of sp³-hybridized carbons (Fsp3) is 0.259. The molecule has 3 aromatic rings. The number of nitrogens with one attached hydrogen (secondary N) is 3. The Balaban J connectivity index is 1.25. The van der Waals surface area contributed by atoms with Crippen LogP contribution in [-0.4, -0.2) is 56.8 Å². The Hall–Kier alpha value is -4.55. The number of hydrogen-bond acceptors (Lipinski definition) is 7. The lowest BCUT2D eigenvalue weighted by molar-refractivity contribution is 0.0390. The van der Waals surface area contributed by atoms with E-state index in [1.165, 1.54) is 11.1 Å². The first kappa shape index (κ1) is 27.0. The molecule has 0 spiro atoms. The van der Waals surface area contributed by atoms with Crippen LogP contribution in [0, 0.1) is 0 Å². The number of rotatable bonds is 9. The van der Waals surface area contributed by atoms with Crippen molar-refractivity contribution in [3.63, 3.8) is 0 Å². The average Bonchev–Trinajstić information content (AvgIpc) is 3.76. The van der Waals surface area contributed by atoms with Crippen molar-refractivity contribution in [1.29, 1.82) is 0 Å². The second-order valence-corrected chi connectivity index (χ2v) is 9.80. The number of benzene rings is 2. The molecule has 1 saturated carbocycles. The molecule has 6 amide bonds. The van der Waals surface area contributed by atoms with Crippen molar-refractivity contribution >= 4 is 41.2 Å². The number of anilines is 2. The Kier molecular flexibility index (Phi) is 7.89. The molecule has 1 atom stereocenters. The molecule has 2 heterocycles. The molecule has 1 unspecified atom stereocenters. The molecule has 0 radical (unpaired) electrons. The van der Waals surface area contributed by atoms with Crippen molar-refractivity contribution in [3.05, 3.63) is 77.4 Å². The number of nitrogens with two attached hydrogens (primary N) is 1. The van der Waals surface area contributed by atoms with Crippen molar-refractivity contribution in [1.82, 2.24) is 25.1 Å². The molecular weight excluding hydrogens is 536 g/mol. The molecule has 0 bridgehead atoms. The normalized spacial score (nSPS) is 17.1. The number of pyridine rings is 1. The smallest absolute Gasteiger partial charge is 0.345 e. The number of imide groups is 1. The number of nitrogens with zero attached hydrogens (tertiary/aromatic N) is 4. The molecule has 13 heteroatoms. The largest absolute Gasteiger partial charge is 0.456 e. The van der Waals surface area contributed by atoms with Gasteiger partial charge in [-0.3, -0.25) is 10.2 Å². The number of halogens is 1. The van der Waals surface area contributed by atoms with Crippen LogP contribution in [0.2, 0.25) is 5.02 Å². The second kappa shape index (κ2) is 11.7. The summed E-state index contributed by atoms with van der Waals surface area (Å²) < 4.78 is 5.86. The minimum absolute atomic E-state index is 0.181. The lowest BCUT2D eigenvalue weighted by Crippen LogP contribution is -2.70. The first-order valence-corrected chi connectivity index (χ1v) is 13.2. The Morgan fingerprint density at radius 3 is 2.35 bits per heavy atom. The molecule has 12 nitrogen and oxygen atoms in total. The van der Waals surface area contributed by atoms with Crippen molar-refractivity contribution < 1.29 is 19.1 Å². The van der Waals surface area contributed by atoms with Gasteiger partial charge in [0.05, 0.1) is 12.7 Å². The van der Waals surface area contributed by atoms with E-state index in [1.807, 2.05) is 12.1 Å². The molecule has 208 valence electrons. The van der Waals surface area contributed by atoms with E-state index in [4.69, 9.17) is 22.2 Å². The number of carbonyl (C=O) groups excluding carboxylic acids is 3. The van der Waals surface area contributed by atoms with Crippen LogP contribution in [0.1, 0.15) is 25.3 Å². The fourth-order valence-electron chi connectivity index (χ4n) is 4.08. The van der Waals surface area contributed by atoms with E-state index in [2.05, 4.69) is 20.9 Å². The summed E-state index contributed by atoms with van der Waals surface area (Å²) in [6.07, 6.45) is 2.58. The third-order valence-corrected chi connectivity index (χ3v) is 6.60. The van der Waals surface area contributed by atoms with E-state index in [0.717, 1.165) is 28.3 Å². The molecule has 40 heavy (non-hydrogen) atoms. The van der Waals surface area contributed by atoms with Gasteiger partial charge in [-0.1, -0.05) is 23.7 Å². The Morgan fingerprint density at radius 2 is 1.73 bits per heavy atom. The molecule has 1 aliphatic carbocycles. The van der Waals surface area contributed by atoms with Crippen molar-refractivity contribution in [2.24, 2.45) is 5.84 Å². The molecule has 2 aromatic carbocycles. The van der Waals surface area contributed by atoms with Crippen LogP contribution < -0.4 is 26.5 Å². The predicted octanol–water partition coefficient (Wildman–Crippen LogP) is 4.76. The highest BCUT2D eigenvalue weighted by Crippen LogP contribution is 2.26. The fourth-order valence-corrected chi connectivity index (χ4v) is 4.20. The van der Waals surface area contributed by atoms with E-state index in [1.54, 1.807) is 55.5 Å². The van der Waals surface area contributed by atoms with Gasteiger partial charge in [-0.2, -0.15) is 0 Å². The topological polar surface area (TPSA) is 145 Å². The number of ether oxygens (including phenoxy) is 1. The van der Waals surface area contributed by atoms with Crippen LogP contribution in [0.25, 0.3) is 0 Å². The highest BCUT2D eigenvalue weighted by molar-refractivity contribution is 6.30. The van der Waals surface area contributed by atoms with E-state index in [9.17, 15) is 14.4 Å². The molecule has 5 rings (SSSR count). The number of hydrazine groups is 1. The maximum atomic E-state index is 13.2. The standard InChI is InChI=1S/C27H29ClN8O4/c1-2-34-26(38)35(16-17-3-5-18(28)6-4-17)25(36(29)27(34)39)32-20-9-11-21(12-10-20)40-22-13-14-23(30-15-22)33-24(37)31-19-7-8-19/h3-6,9-15,19,25,32H,2,7-8,16,29H2,1H3,(H2,30,31,33,37). The molecule has 5 N–H and O–H groups in total. The van der Waals surface area contributed by atoms with Crippen LogP contribution in [0.4, 0.5) is 25.9 Å². The highest BCUT2D eigenvalue weighted by atomic mass is 35.5. The minimum atomic E-state index is -0.938. The third-order valence-electron chi connectivity index (χ3n) is 6.35. The van der Waals surface area contributed by atoms with Gasteiger partial charge in [-0.05, 0) is 73.9 Å². The first-order valence-electron chi connectivity index (χ1n) is 12.8. The van der Waals surface area contributed by atoms with Gasteiger partial charge in [-0.25, -0.2) is 35.1 Å². The van der Waals surface area contributed by atoms with Crippen LogP contribution in [-0.2, 0) is 6.54 Å². The zero-order chi connectivity index (χ0) is 28.2. The quantitative estimate of drug-likeness (QED) is 0.216. The number of aromatic nitrogens is 1. The van der Waals surface area contributed by atoms with Gasteiger partial charge in [0.25, 0.3) is 0 Å². The Labute approximate surface area is 236 Å². The van der Waals surface area contributed by atoms with Crippen LogP contribution >= 0.6 is 11.6 Å². The highest BCUT2D eigenvalue weighted by Gasteiger charge is 2.42. The monoisotopic (exact) mass is 564 g/mol. The van der Waals surface area contributed by atoms with Crippen LogP contribution in [0.3, 0.4) is 0 Å². The van der Waals surface area contributed by atoms with E-state index >= 15 is 0 Å². The van der Waals surface area contributed by atoms with Gasteiger partial charge in [0.2, 0.25) is 6.29 Å². The summed E-state index contributed by atoms with van der Waals surface area (Å²) in [6.45, 7) is 2.09. The van der Waals surface area contributed by atoms with E-state index < -0.39 is 18.4 Å². The number of amides is 6. The van der Waals surface area contributed by atoms with Crippen molar-refractivity contribution in [2.45, 2.75) is 38.6 Å². The maximum absolute atomic E-state index is 13.2. The number of urea groups is 3. The van der Waals surface area contributed by atoms with Gasteiger partial charge in [0, 0.05) is 23.3 Å². The number of carbonyl (C=O) groups is 3. The lowest BCUT2D eigenvalue weighted by Gasteiger charge is -2.45. The van der Waals surface area contributed by atoms with Crippen molar-refractivity contribution in [3.8, 4) is 11.5 Å². The summed E-state index contributed by atoms with van der Waals surface area (Å²) in [5, 5.41) is 10.3. The van der Waals surface area contributed by atoms with Crippen molar-refractivity contribution in [2.75, 3.05) is 17.2 Å². The summed E-state index contributed by atoms with van der Waals surface area (Å²) in [5.41, 5.74) is 1.43. The number of hydrogen-bond donors (Lipinski definition) is 4. The predicted molar refractivity (Wildman–Crippen MR) is 150 cm³/mol. The molecule has 2 aliphatic rings. The van der Waals surface area contributed by atoms with Crippen LogP contribution in [0.5, 0.6) is 11.5 Å². The minimum Gasteiger partial charge on any atom is -0.456 e. The zero-order valence-electron chi connectivity index (χ0n) is 21.7. The summed E-state index contributed by atoms with van der Waals surface area (Å²) in [7, 11) is 0. The van der Waals surface area contributed by atoms with E-state index in [0.29, 0.717) is 28.0 Å². The van der Waals surface area contributed by atoms with Gasteiger partial charge in [0.15, 0.2) is 0 Å². The van der Waals surface area contributed by atoms with Gasteiger partial charge >= 0.3 is 18.1 Å². The Bertz CT molecular complexity index is 1370. The summed E-state index contributed by atoms with van der Waals surface area (Å²) in [4.78, 5) is 44.6. The summed E-state index contributed by atoms with van der Waals surface area (Å²) >= 11 is 6.01. The third kappa shape index (κ3) is 6.35.